The Morgan fingerprint density at radius 1 is 1.22 bits per heavy atom. The smallest absolute Gasteiger partial charge is 0.324 e. The summed E-state index contributed by atoms with van der Waals surface area (Å²) in [6.45, 7) is 2.08. The van der Waals surface area contributed by atoms with Crippen LogP contribution in [0.4, 0.5) is 13.2 Å². The minimum absolute atomic E-state index is 0.338. The summed E-state index contributed by atoms with van der Waals surface area (Å²) in [6.07, 6.45) is -0.568. The van der Waals surface area contributed by atoms with E-state index in [2.05, 4.69) is 22.9 Å². The lowest BCUT2D eigenvalue weighted by Crippen LogP contribution is -2.13. The maximum absolute atomic E-state index is 12.7. The minimum atomic E-state index is -4.33. The predicted molar refractivity (Wildman–Crippen MR) is 70.2 cm³/mol. The molecule has 102 valence electrons. The van der Waals surface area contributed by atoms with Gasteiger partial charge < -0.3 is 5.73 Å². The van der Waals surface area contributed by atoms with Gasteiger partial charge in [0.1, 0.15) is 0 Å². The van der Waals surface area contributed by atoms with E-state index in [0.29, 0.717) is 16.5 Å². The summed E-state index contributed by atoms with van der Waals surface area (Å²) in [5.74, 6) is 0. The molecule has 0 aliphatic rings. The first-order chi connectivity index (χ1) is 8.34. The summed E-state index contributed by atoms with van der Waals surface area (Å²) in [5, 5.41) is 0. The van der Waals surface area contributed by atoms with Crippen LogP contribution in [0.15, 0.2) is 22.7 Å². The molecule has 0 bridgehead atoms. The van der Waals surface area contributed by atoms with Crippen LogP contribution in [0.3, 0.4) is 0 Å². The average molecular weight is 324 g/mol. The topological polar surface area (TPSA) is 26.0 Å². The number of unbranched alkanes of at least 4 members (excludes halogenated alkanes) is 2. The fourth-order valence-corrected chi connectivity index (χ4v) is 2.28. The van der Waals surface area contributed by atoms with Gasteiger partial charge >= 0.3 is 6.18 Å². The maximum Gasteiger partial charge on any atom is 0.416 e. The Morgan fingerprint density at radius 2 is 1.89 bits per heavy atom. The van der Waals surface area contributed by atoms with Crippen LogP contribution in [-0.2, 0) is 6.18 Å². The molecule has 0 aliphatic heterocycles. The minimum Gasteiger partial charge on any atom is -0.324 e. The van der Waals surface area contributed by atoms with Crippen molar-refractivity contribution in [2.24, 2.45) is 5.73 Å². The lowest BCUT2D eigenvalue weighted by atomic mass is 9.99. The molecule has 0 amide bonds. The molecule has 5 heteroatoms. The Bertz CT molecular complexity index is 390. The van der Waals surface area contributed by atoms with Crippen molar-refractivity contribution >= 4 is 15.9 Å². The number of nitrogens with two attached hydrogens (primary N) is 1. The SMILES string of the molecule is CCCCC[C@@H](N)c1cc(Br)cc(C(F)(F)F)c1. The van der Waals surface area contributed by atoms with Gasteiger partial charge in [0.25, 0.3) is 0 Å². The van der Waals surface area contributed by atoms with Crippen LogP contribution >= 0.6 is 15.9 Å². The summed E-state index contributed by atoms with van der Waals surface area (Å²) in [5.41, 5.74) is 5.81. The van der Waals surface area contributed by atoms with E-state index in [1.54, 1.807) is 6.07 Å². The molecule has 1 rings (SSSR count). The molecule has 18 heavy (non-hydrogen) atoms. The Kier molecular flexibility index (Phi) is 5.66. The molecule has 1 atom stereocenters. The molecule has 0 saturated heterocycles. The van der Waals surface area contributed by atoms with Gasteiger partial charge in [0.15, 0.2) is 0 Å². The molecule has 0 aromatic heterocycles. The van der Waals surface area contributed by atoms with E-state index in [1.165, 1.54) is 0 Å². The summed E-state index contributed by atoms with van der Waals surface area (Å²) in [7, 11) is 0. The van der Waals surface area contributed by atoms with Crippen LogP contribution in [0.2, 0.25) is 0 Å². The third kappa shape index (κ3) is 4.61. The average Bonchev–Trinajstić information content (AvgIpc) is 2.27. The lowest BCUT2D eigenvalue weighted by molar-refractivity contribution is -0.137. The second-order valence-electron chi connectivity index (χ2n) is 4.37. The van der Waals surface area contributed by atoms with Gasteiger partial charge in [0.05, 0.1) is 5.56 Å². The standard InChI is InChI=1S/C13H17BrF3N/c1-2-3-4-5-12(18)9-6-10(13(15,16)17)8-11(14)7-9/h6-8,12H,2-5,18H2,1H3/t12-/m1/s1. The van der Waals surface area contributed by atoms with Crippen LogP contribution < -0.4 is 5.73 Å². The Labute approximate surface area is 114 Å². The molecule has 1 aromatic carbocycles. The lowest BCUT2D eigenvalue weighted by Gasteiger charge is -2.15. The van der Waals surface area contributed by atoms with Crippen LogP contribution in [0.5, 0.6) is 0 Å². The van der Waals surface area contributed by atoms with Gasteiger partial charge in [-0.2, -0.15) is 13.2 Å². The quantitative estimate of drug-likeness (QED) is 0.754. The van der Waals surface area contributed by atoms with Crippen molar-refractivity contribution in [3.8, 4) is 0 Å². The number of benzene rings is 1. The number of hydrogen-bond acceptors (Lipinski definition) is 1. The summed E-state index contributed by atoms with van der Waals surface area (Å²) < 4.78 is 38.4. The third-order valence-corrected chi connectivity index (χ3v) is 3.25. The molecule has 0 radical (unpaired) electrons. The second-order valence-corrected chi connectivity index (χ2v) is 5.29. The fraction of sp³-hybridized carbons (Fsp3) is 0.538. The van der Waals surface area contributed by atoms with Gasteiger partial charge in [-0.15, -0.1) is 0 Å². The van der Waals surface area contributed by atoms with E-state index in [9.17, 15) is 13.2 Å². The number of hydrogen-bond donors (Lipinski definition) is 1. The van der Waals surface area contributed by atoms with Crippen molar-refractivity contribution in [1.29, 1.82) is 0 Å². The van der Waals surface area contributed by atoms with E-state index in [-0.39, 0.29) is 6.04 Å². The van der Waals surface area contributed by atoms with Crippen molar-refractivity contribution in [1.82, 2.24) is 0 Å². The normalized spacial score (nSPS) is 13.7. The van der Waals surface area contributed by atoms with Crippen molar-refractivity contribution < 1.29 is 13.2 Å². The Balaban J connectivity index is 2.85. The monoisotopic (exact) mass is 323 g/mol. The van der Waals surface area contributed by atoms with Crippen molar-refractivity contribution in [3.63, 3.8) is 0 Å². The van der Waals surface area contributed by atoms with Crippen molar-refractivity contribution in [2.45, 2.75) is 44.8 Å². The van der Waals surface area contributed by atoms with Gasteiger partial charge in [-0.05, 0) is 30.2 Å². The molecule has 0 heterocycles. The zero-order valence-corrected chi connectivity index (χ0v) is 11.8. The molecule has 1 aromatic rings. The molecule has 0 aliphatic carbocycles. The first-order valence-electron chi connectivity index (χ1n) is 5.98. The van der Waals surface area contributed by atoms with Crippen molar-refractivity contribution in [2.75, 3.05) is 0 Å². The predicted octanol–water partition coefficient (Wildman–Crippen LogP) is 5.05. The summed E-state index contributed by atoms with van der Waals surface area (Å²) >= 11 is 3.10. The van der Waals surface area contributed by atoms with Gasteiger partial charge in [0, 0.05) is 10.5 Å². The molecule has 0 fully saturated rings. The van der Waals surface area contributed by atoms with Crippen LogP contribution in [-0.4, -0.2) is 0 Å². The first-order valence-corrected chi connectivity index (χ1v) is 6.77. The molecule has 0 spiro atoms. The highest BCUT2D eigenvalue weighted by atomic mass is 79.9. The van der Waals surface area contributed by atoms with E-state index in [0.717, 1.165) is 31.4 Å². The van der Waals surface area contributed by atoms with Crippen LogP contribution in [0, 0.1) is 0 Å². The van der Waals surface area contributed by atoms with E-state index in [4.69, 9.17) is 5.73 Å². The van der Waals surface area contributed by atoms with Crippen molar-refractivity contribution in [3.05, 3.63) is 33.8 Å². The van der Waals surface area contributed by atoms with Crippen LogP contribution in [0.1, 0.15) is 49.8 Å². The molecule has 0 saturated carbocycles. The zero-order valence-electron chi connectivity index (χ0n) is 10.2. The summed E-state index contributed by atoms with van der Waals surface area (Å²) in [4.78, 5) is 0. The molecular weight excluding hydrogens is 307 g/mol. The van der Waals surface area contributed by atoms with Gasteiger partial charge in [-0.25, -0.2) is 0 Å². The van der Waals surface area contributed by atoms with Gasteiger partial charge in [0.2, 0.25) is 0 Å². The Hall–Kier alpha value is -0.550. The number of halogens is 4. The molecule has 1 nitrogen and oxygen atoms in total. The molecular formula is C13H17BrF3N. The highest BCUT2D eigenvalue weighted by Crippen LogP contribution is 2.33. The highest BCUT2D eigenvalue weighted by Gasteiger charge is 2.31. The maximum atomic E-state index is 12.7. The highest BCUT2D eigenvalue weighted by molar-refractivity contribution is 9.10. The fourth-order valence-electron chi connectivity index (χ4n) is 1.77. The largest absolute Gasteiger partial charge is 0.416 e. The second kappa shape index (κ2) is 6.57. The third-order valence-electron chi connectivity index (χ3n) is 2.79. The first kappa shape index (κ1) is 15.5. The van der Waals surface area contributed by atoms with Gasteiger partial charge in [-0.1, -0.05) is 42.1 Å². The zero-order chi connectivity index (χ0) is 13.8. The van der Waals surface area contributed by atoms with E-state index in [1.807, 2.05) is 0 Å². The van der Waals surface area contributed by atoms with E-state index < -0.39 is 11.7 Å². The van der Waals surface area contributed by atoms with Gasteiger partial charge in [-0.3, -0.25) is 0 Å². The summed E-state index contributed by atoms with van der Waals surface area (Å²) in [6, 6.07) is 3.53. The number of rotatable bonds is 5. The van der Waals surface area contributed by atoms with Crippen LogP contribution in [0.25, 0.3) is 0 Å². The van der Waals surface area contributed by atoms with E-state index >= 15 is 0 Å². The number of alkyl halides is 3. The Morgan fingerprint density at radius 3 is 2.44 bits per heavy atom. The molecule has 0 unspecified atom stereocenters. The molecule has 2 N–H and O–H groups in total.